The van der Waals surface area contributed by atoms with Crippen molar-refractivity contribution < 1.29 is 13.2 Å². The van der Waals surface area contributed by atoms with Crippen LogP contribution in [0.25, 0.3) is 22.4 Å². The Labute approximate surface area is 231 Å². The van der Waals surface area contributed by atoms with Gasteiger partial charge in [0.1, 0.15) is 5.82 Å². The van der Waals surface area contributed by atoms with Crippen molar-refractivity contribution in [1.29, 1.82) is 0 Å². The van der Waals surface area contributed by atoms with Crippen molar-refractivity contribution >= 4 is 32.7 Å². The predicted octanol–water partition coefficient (Wildman–Crippen LogP) is 3.69. The summed E-state index contributed by atoms with van der Waals surface area (Å²) in [5.41, 5.74) is 3.57. The first-order chi connectivity index (χ1) is 18.6. The number of aromatic amines is 1. The predicted molar refractivity (Wildman–Crippen MR) is 155 cm³/mol. The third kappa shape index (κ3) is 6.13. The van der Waals surface area contributed by atoms with E-state index in [1.54, 1.807) is 23.1 Å². The first-order valence-corrected chi connectivity index (χ1v) is 15.4. The zero-order valence-corrected chi connectivity index (χ0v) is 24.2. The molecule has 1 aromatic heterocycles. The van der Waals surface area contributed by atoms with Gasteiger partial charge in [0.2, 0.25) is 15.9 Å². The molecule has 39 heavy (non-hydrogen) atoms. The number of likely N-dealkylation sites (N-methyl/N-ethyl adjacent to an activating group) is 1. The zero-order chi connectivity index (χ0) is 27.7. The van der Waals surface area contributed by atoms with Gasteiger partial charge in [-0.25, -0.2) is 18.1 Å². The van der Waals surface area contributed by atoms with Crippen LogP contribution in [0.2, 0.25) is 0 Å². The number of benzene rings is 2. The quantitative estimate of drug-likeness (QED) is 0.464. The van der Waals surface area contributed by atoms with Crippen molar-refractivity contribution in [3.05, 3.63) is 42.5 Å². The molecule has 0 bridgehead atoms. The number of carbonyl (C=O) groups is 1. The number of imidazole rings is 1. The minimum absolute atomic E-state index is 0.0346. The van der Waals surface area contributed by atoms with E-state index in [-0.39, 0.29) is 28.8 Å². The summed E-state index contributed by atoms with van der Waals surface area (Å²) < 4.78 is 29.3. The fraction of sp³-hybridized carbons (Fsp3) is 0.517. The fourth-order valence-corrected chi connectivity index (χ4v) is 6.80. The molecule has 210 valence electrons. The van der Waals surface area contributed by atoms with E-state index in [4.69, 9.17) is 4.98 Å². The van der Waals surface area contributed by atoms with Crippen molar-refractivity contribution in [3.8, 4) is 11.4 Å². The minimum atomic E-state index is -3.70. The molecule has 1 amide bonds. The highest BCUT2D eigenvalue weighted by atomic mass is 32.2. The molecule has 9 nitrogen and oxygen atoms in total. The number of sulfonamides is 1. The second-order valence-electron chi connectivity index (χ2n) is 11.3. The number of anilines is 1. The van der Waals surface area contributed by atoms with Crippen LogP contribution in [0.3, 0.4) is 0 Å². The number of amides is 1. The molecule has 2 fully saturated rings. The van der Waals surface area contributed by atoms with E-state index in [0.29, 0.717) is 37.0 Å². The van der Waals surface area contributed by atoms with Crippen LogP contribution in [0.4, 0.5) is 5.69 Å². The molecule has 3 aromatic rings. The van der Waals surface area contributed by atoms with E-state index in [1.807, 2.05) is 20.9 Å². The van der Waals surface area contributed by atoms with Gasteiger partial charge >= 0.3 is 0 Å². The van der Waals surface area contributed by atoms with Crippen molar-refractivity contribution in [2.24, 2.45) is 5.92 Å². The Balaban J connectivity index is 1.24. The summed E-state index contributed by atoms with van der Waals surface area (Å²) in [7, 11) is 0.280. The topological polar surface area (TPSA) is 102 Å². The summed E-state index contributed by atoms with van der Waals surface area (Å²) in [6, 6.07) is 13.4. The highest BCUT2D eigenvalue weighted by Crippen LogP contribution is 2.29. The molecule has 1 aliphatic heterocycles. The SMILES string of the molecule is CC(C)N(C)C(=O)C1CCC(NS(=O)(=O)c2ccc3[nH]c(-c4ccc(N5CCN(C)CC5)cc4)nc3c2)CC1. The molecule has 5 rings (SSSR count). The Morgan fingerprint density at radius 3 is 2.33 bits per heavy atom. The number of nitrogens with one attached hydrogen (secondary N) is 2. The molecular formula is C29H40N6O3S. The van der Waals surface area contributed by atoms with Gasteiger partial charge in [-0.05, 0) is 89.0 Å². The number of hydrogen-bond acceptors (Lipinski definition) is 6. The monoisotopic (exact) mass is 552 g/mol. The lowest BCUT2D eigenvalue weighted by Gasteiger charge is -2.34. The van der Waals surface area contributed by atoms with Crippen LogP contribution in [-0.2, 0) is 14.8 Å². The Morgan fingerprint density at radius 2 is 1.69 bits per heavy atom. The van der Waals surface area contributed by atoms with E-state index in [0.717, 1.165) is 37.3 Å². The summed E-state index contributed by atoms with van der Waals surface area (Å²) >= 11 is 0. The first-order valence-electron chi connectivity index (χ1n) is 13.9. The van der Waals surface area contributed by atoms with E-state index < -0.39 is 10.0 Å². The Bertz CT molecular complexity index is 1400. The van der Waals surface area contributed by atoms with Crippen LogP contribution in [0.1, 0.15) is 39.5 Å². The number of nitrogens with zero attached hydrogens (tertiary/aromatic N) is 4. The summed E-state index contributed by atoms with van der Waals surface area (Å²) in [5.74, 6) is 0.833. The van der Waals surface area contributed by atoms with E-state index in [1.165, 1.54) is 5.69 Å². The molecule has 2 aromatic carbocycles. The van der Waals surface area contributed by atoms with Crippen molar-refractivity contribution in [1.82, 2.24) is 24.5 Å². The molecule has 1 saturated carbocycles. The maximum Gasteiger partial charge on any atom is 0.240 e. The number of carbonyl (C=O) groups excluding carboxylic acids is 1. The average Bonchev–Trinajstić information content (AvgIpc) is 3.37. The molecule has 1 saturated heterocycles. The second kappa shape index (κ2) is 11.3. The largest absolute Gasteiger partial charge is 0.369 e. The van der Waals surface area contributed by atoms with Crippen LogP contribution in [0, 0.1) is 5.92 Å². The Hall–Kier alpha value is -2.95. The summed E-state index contributed by atoms with van der Waals surface area (Å²) in [6.45, 7) is 8.15. The van der Waals surface area contributed by atoms with Gasteiger partial charge < -0.3 is 19.7 Å². The third-order valence-corrected chi connectivity index (χ3v) is 9.81. The number of piperazine rings is 1. The molecule has 0 spiro atoms. The smallest absolute Gasteiger partial charge is 0.240 e. The summed E-state index contributed by atoms with van der Waals surface area (Å²) in [4.78, 5) is 27.4. The standard InChI is InChI=1S/C29H40N6O3S/c1-20(2)34(4)29(36)22-5-9-23(10-6-22)32-39(37,38)25-13-14-26-27(19-25)31-28(30-26)21-7-11-24(12-8-21)35-17-15-33(3)16-18-35/h7-8,11-14,19-20,22-23,32H,5-6,9-10,15-18H2,1-4H3,(H,30,31). The van der Waals surface area contributed by atoms with Gasteiger partial charge in [-0.1, -0.05) is 0 Å². The average molecular weight is 553 g/mol. The normalized spacial score (nSPS) is 21.0. The maximum absolute atomic E-state index is 13.2. The number of H-pyrrole nitrogens is 1. The lowest BCUT2D eigenvalue weighted by molar-refractivity contribution is -0.136. The zero-order valence-electron chi connectivity index (χ0n) is 23.4. The van der Waals surface area contributed by atoms with Gasteiger partial charge in [0.25, 0.3) is 0 Å². The highest BCUT2D eigenvalue weighted by Gasteiger charge is 2.31. The van der Waals surface area contributed by atoms with Crippen LogP contribution in [0.15, 0.2) is 47.4 Å². The molecule has 0 atom stereocenters. The molecule has 2 N–H and O–H groups in total. The second-order valence-corrected chi connectivity index (χ2v) is 13.0. The Morgan fingerprint density at radius 1 is 1.03 bits per heavy atom. The van der Waals surface area contributed by atoms with Gasteiger partial charge in [-0.15, -0.1) is 0 Å². The summed E-state index contributed by atoms with van der Waals surface area (Å²) in [5, 5.41) is 0. The van der Waals surface area contributed by atoms with Crippen LogP contribution < -0.4 is 9.62 Å². The highest BCUT2D eigenvalue weighted by molar-refractivity contribution is 7.89. The van der Waals surface area contributed by atoms with Crippen LogP contribution >= 0.6 is 0 Å². The Kier molecular flexibility index (Phi) is 7.98. The number of rotatable bonds is 7. The molecule has 0 unspecified atom stereocenters. The van der Waals surface area contributed by atoms with Gasteiger partial charge in [0, 0.05) is 62.5 Å². The number of fused-ring (bicyclic) bond motifs is 1. The molecule has 1 aliphatic carbocycles. The van der Waals surface area contributed by atoms with Gasteiger partial charge in [-0.3, -0.25) is 4.79 Å². The molecule has 2 heterocycles. The van der Waals surface area contributed by atoms with Gasteiger partial charge in [0.05, 0.1) is 15.9 Å². The lowest BCUT2D eigenvalue weighted by atomic mass is 9.85. The fourth-order valence-electron chi connectivity index (χ4n) is 5.47. The molecular weight excluding hydrogens is 512 g/mol. The van der Waals surface area contributed by atoms with E-state index >= 15 is 0 Å². The van der Waals surface area contributed by atoms with E-state index in [9.17, 15) is 13.2 Å². The minimum Gasteiger partial charge on any atom is -0.369 e. The maximum atomic E-state index is 13.2. The third-order valence-electron chi connectivity index (χ3n) is 8.29. The lowest BCUT2D eigenvalue weighted by Crippen LogP contribution is -2.44. The van der Waals surface area contributed by atoms with Crippen LogP contribution in [-0.4, -0.2) is 86.5 Å². The molecule has 10 heteroatoms. The molecule has 2 aliphatic rings. The van der Waals surface area contributed by atoms with Crippen LogP contribution in [0.5, 0.6) is 0 Å². The number of aromatic nitrogens is 2. The van der Waals surface area contributed by atoms with Crippen molar-refractivity contribution in [2.45, 2.75) is 56.5 Å². The van der Waals surface area contributed by atoms with Gasteiger partial charge in [-0.2, -0.15) is 0 Å². The van der Waals surface area contributed by atoms with E-state index in [2.05, 4.69) is 50.8 Å². The van der Waals surface area contributed by atoms with Crippen molar-refractivity contribution in [2.75, 3.05) is 45.2 Å². The van der Waals surface area contributed by atoms with Crippen molar-refractivity contribution in [3.63, 3.8) is 0 Å². The first kappa shape index (κ1) is 27.6. The number of hydrogen-bond donors (Lipinski definition) is 2. The molecule has 0 radical (unpaired) electrons. The summed E-state index contributed by atoms with van der Waals surface area (Å²) in [6.07, 6.45) is 2.69. The van der Waals surface area contributed by atoms with Gasteiger partial charge in [0.15, 0.2) is 0 Å².